The summed E-state index contributed by atoms with van der Waals surface area (Å²) in [5.74, 6) is -1.22. The monoisotopic (exact) mass is 256 g/mol. The molecule has 0 aliphatic carbocycles. The Balaban J connectivity index is 3.01. The highest BCUT2D eigenvalue weighted by Crippen LogP contribution is 2.32. The van der Waals surface area contributed by atoms with E-state index in [1.54, 1.807) is 0 Å². The second-order valence-corrected chi connectivity index (χ2v) is 4.36. The Morgan fingerprint density at radius 2 is 1.62 bits per heavy atom. The van der Waals surface area contributed by atoms with Crippen LogP contribution < -0.4 is 8.92 Å². The minimum absolute atomic E-state index is 0.512. The molecule has 8 heteroatoms. The maximum Gasteiger partial charge on any atom is 0.573 e. The summed E-state index contributed by atoms with van der Waals surface area (Å²) in [5.41, 5.74) is 0. The van der Waals surface area contributed by atoms with Gasteiger partial charge >= 0.3 is 16.5 Å². The zero-order valence-corrected chi connectivity index (χ0v) is 8.80. The van der Waals surface area contributed by atoms with Gasteiger partial charge in [-0.05, 0) is 12.1 Å². The molecule has 0 fully saturated rings. The summed E-state index contributed by atoms with van der Waals surface area (Å²) in [4.78, 5) is 0. The highest BCUT2D eigenvalue weighted by atomic mass is 32.2. The van der Waals surface area contributed by atoms with Crippen molar-refractivity contribution < 1.29 is 30.5 Å². The molecule has 0 unspecified atom stereocenters. The van der Waals surface area contributed by atoms with Crippen LogP contribution in [0.2, 0.25) is 0 Å². The van der Waals surface area contributed by atoms with Crippen LogP contribution in [0.25, 0.3) is 0 Å². The first-order chi connectivity index (χ1) is 7.17. The van der Waals surface area contributed by atoms with Crippen molar-refractivity contribution in [2.45, 2.75) is 6.36 Å². The number of hydrogen-bond donors (Lipinski definition) is 0. The molecular weight excluding hydrogens is 249 g/mol. The predicted octanol–water partition coefficient (Wildman–Crippen LogP) is 1.92. The van der Waals surface area contributed by atoms with Crippen molar-refractivity contribution in [2.24, 2.45) is 0 Å². The molecule has 0 radical (unpaired) electrons. The summed E-state index contributed by atoms with van der Waals surface area (Å²) in [6.07, 6.45) is -4.19. The zero-order valence-electron chi connectivity index (χ0n) is 7.98. The molecule has 0 saturated carbocycles. The van der Waals surface area contributed by atoms with Crippen molar-refractivity contribution in [2.75, 3.05) is 6.26 Å². The van der Waals surface area contributed by atoms with Crippen LogP contribution in [0.5, 0.6) is 11.5 Å². The molecule has 0 aromatic heterocycles. The third-order valence-corrected chi connectivity index (χ3v) is 1.80. The molecule has 1 rings (SSSR count). The van der Waals surface area contributed by atoms with Gasteiger partial charge < -0.3 is 8.92 Å². The zero-order chi connectivity index (χ0) is 12.4. The van der Waals surface area contributed by atoms with E-state index in [0.717, 1.165) is 18.4 Å². The molecule has 4 nitrogen and oxygen atoms in total. The second kappa shape index (κ2) is 4.20. The van der Waals surface area contributed by atoms with E-state index in [4.69, 9.17) is 0 Å². The van der Waals surface area contributed by atoms with E-state index < -0.39 is 28.0 Å². The Labute approximate surface area is 89.7 Å². The molecule has 0 aliphatic rings. The predicted molar refractivity (Wildman–Crippen MR) is 48.6 cm³/mol. The molecule has 0 spiro atoms. The van der Waals surface area contributed by atoms with Gasteiger partial charge in [0, 0.05) is 0 Å². The van der Waals surface area contributed by atoms with Crippen molar-refractivity contribution in [3.63, 3.8) is 0 Å². The van der Waals surface area contributed by atoms with Gasteiger partial charge in [-0.2, -0.15) is 8.42 Å². The highest BCUT2D eigenvalue weighted by Gasteiger charge is 2.32. The smallest absolute Gasteiger partial charge is 0.402 e. The summed E-state index contributed by atoms with van der Waals surface area (Å²) in [6.45, 7) is 0. The Kier molecular flexibility index (Phi) is 3.32. The van der Waals surface area contributed by atoms with Gasteiger partial charge in [0.25, 0.3) is 0 Å². The summed E-state index contributed by atoms with van der Waals surface area (Å²) < 4.78 is 65.2. The van der Waals surface area contributed by atoms with Gasteiger partial charge in [0.1, 0.15) is 0 Å². The number of rotatable bonds is 3. The molecule has 1 aromatic rings. The molecular formula is C8H7F3O4S. The summed E-state index contributed by atoms with van der Waals surface area (Å²) in [6, 6.07) is 4.59. The minimum atomic E-state index is -4.91. The summed E-state index contributed by atoms with van der Waals surface area (Å²) >= 11 is 0. The number of benzene rings is 1. The summed E-state index contributed by atoms with van der Waals surface area (Å²) in [7, 11) is -3.90. The van der Waals surface area contributed by atoms with Gasteiger partial charge in [-0.25, -0.2) is 0 Å². The highest BCUT2D eigenvalue weighted by molar-refractivity contribution is 7.86. The van der Waals surface area contributed by atoms with E-state index in [1.165, 1.54) is 12.1 Å². The Morgan fingerprint density at radius 3 is 2.06 bits per heavy atom. The molecule has 0 aliphatic heterocycles. The molecule has 0 amide bonds. The Hall–Kier alpha value is -1.44. The van der Waals surface area contributed by atoms with Gasteiger partial charge in [-0.3, -0.25) is 0 Å². The van der Waals surface area contributed by atoms with Crippen molar-refractivity contribution in [1.82, 2.24) is 0 Å². The number of hydrogen-bond acceptors (Lipinski definition) is 4. The van der Waals surface area contributed by atoms with E-state index in [0.29, 0.717) is 0 Å². The number of halogens is 3. The molecule has 0 atom stereocenters. The lowest BCUT2D eigenvalue weighted by atomic mass is 10.3. The normalized spacial score (nSPS) is 12.2. The van der Waals surface area contributed by atoms with E-state index in [1.807, 2.05) is 0 Å². The topological polar surface area (TPSA) is 52.6 Å². The van der Waals surface area contributed by atoms with Crippen LogP contribution in [0.15, 0.2) is 24.3 Å². The number of alkyl halides is 3. The summed E-state index contributed by atoms with van der Waals surface area (Å²) in [5, 5.41) is 0. The molecule has 0 heterocycles. The first kappa shape index (κ1) is 12.6. The van der Waals surface area contributed by atoms with Crippen LogP contribution >= 0.6 is 0 Å². The van der Waals surface area contributed by atoms with E-state index in [9.17, 15) is 21.6 Å². The fourth-order valence-corrected chi connectivity index (χ4v) is 1.35. The average Bonchev–Trinajstić information content (AvgIpc) is 2.03. The first-order valence-corrected chi connectivity index (χ1v) is 5.73. The Morgan fingerprint density at radius 1 is 1.12 bits per heavy atom. The van der Waals surface area contributed by atoms with Crippen LogP contribution in [0.1, 0.15) is 0 Å². The van der Waals surface area contributed by atoms with Crippen LogP contribution in [-0.2, 0) is 10.1 Å². The minimum Gasteiger partial charge on any atom is -0.402 e. The lowest BCUT2D eigenvalue weighted by Crippen LogP contribution is -2.18. The van der Waals surface area contributed by atoms with Gasteiger partial charge in [-0.15, -0.1) is 13.2 Å². The molecule has 16 heavy (non-hydrogen) atoms. The van der Waals surface area contributed by atoms with Crippen molar-refractivity contribution in [1.29, 1.82) is 0 Å². The third-order valence-electron chi connectivity index (χ3n) is 1.32. The molecule has 0 bridgehead atoms. The fourth-order valence-electron chi connectivity index (χ4n) is 0.891. The van der Waals surface area contributed by atoms with Crippen LogP contribution in [-0.4, -0.2) is 21.0 Å². The van der Waals surface area contributed by atoms with Crippen molar-refractivity contribution >= 4 is 10.1 Å². The van der Waals surface area contributed by atoms with Crippen molar-refractivity contribution in [3.05, 3.63) is 24.3 Å². The van der Waals surface area contributed by atoms with E-state index >= 15 is 0 Å². The van der Waals surface area contributed by atoms with Crippen LogP contribution in [0.4, 0.5) is 13.2 Å². The molecule has 1 aromatic carbocycles. The molecule has 90 valence electrons. The lowest BCUT2D eigenvalue weighted by Gasteiger charge is -2.12. The number of ether oxygens (including phenoxy) is 1. The van der Waals surface area contributed by atoms with E-state index in [-0.39, 0.29) is 0 Å². The van der Waals surface area contributed by atoms with Crippen molar-refractivity contribution in [3.8, 4) is 11.5 Å². The maximum absolute atomic E-state index is 11.9. The van der Waals surface area contributed by atoms with Crippen LogP contribution in [0.3, 0.4) is 0 Å². The van der Waals surface area contributed by atoms with Gasteiger partial charge in [0.05, 0.1) is 6.26 Å². The van der Waals surface area contributed by atoms with E-state index in [2.05, 4.69) is 8.92 Å². The standard InChI is InChI=1S/C8H7F3O4S/c1-16(12,13)15-7-5-3-2-4-6(7)14-8(9,10)11/h2-5H,1H3. The SMILES string of the molecule is CS(=O)(=O)Oc1ccccc1OC(F)(F)F. The second-order valence-electron chi connectivity index (χ2n) is 2.78. The fraction of sp³-hybridized carbons (Fsp3) is 0.250. The first-order valence-electron chi connectivity index (χ1n) is 3.91. The lowest BCUT2D eigenvalue weighted by molar-refractivity contribution is -0.274. The van der Waals surface area contributed by atoms with Crippen LogP contribution in [0, 0.1) is 0 Å². The van der Waals surface area contributed by atoms with Gasteiger partial charge in [-0.1, -0.05) is 12.1 Å². The molecule has 0 N–H and O–H groups in total. The molecule has 0 saturated heterocycles. The Bertz CT molecular complexity index is 466. The quantitative estimate of drug-likeness (QED) is 0.775. The van der Waals surface area contributed by atoms with Gasteiger partial charge in [0.2, 0.25) is 0 Å². The van der Waals surface area contributed by atoms with Gasteiger partial charge in [0.15, 0.2) is 11.5 Å². The largest absolute Gasteiger partial charge is 0.573 e. The third kappa shape index (κ3) is 4.39. The number of para-hydroxylation sites is 2. The average molecular weight is 256 g/mol. The maximum atomic E-state index is 11.9.